The SMILES string of the molecule is Cc1cc(OCc2cc(C(F)(F)F)ccn2)cc(C)c1CN1CC(C(=O)O)C1. The smallest absolute Gasteiger partial charge is 0.416 e. The number of carboxylic acids is 1. The van der Waals surface area contributed by atoms with Crippen molar-refractivity contribution in [3.8, 4) is 5.75 Å². The molecule has 1 N–H and O–H groups in total. The maximum Gasteiger partial charge on any atom is 0.416 e. The predicted molar refractivity (Wildman–Crippen MR) is 95.9 cm³/mol. The van der Waals surface area contributed by atoms with Crippen molar-refractivity contribution in [2.75, 3.05) is 13.1 Å². The number of pyridine rings is 1. The van der Waals surface area contributed by atoms with E-state index in [1.165, 1.54) is 0 Å². The topological polar surface area (TPSA) is 62.7 Å². The minimum absolute atomic E-state index is 0.0609. The Bertz CT molecular complexity index is 854. The molecule has 1 fully saturated rings. The van der Waals surface area contributed by atoms with Gasteiger partial charge in [0.1, 0.15) is 12.4 Å². The fraction of sp³-hybridized carbons (Fsp3) is 0.400. The third kappa shape index (κ3) is 4.62. The van der Waals surface area contributed by atoms with E-state index >= 15 is 0 Å². The minimum Gasteiger partial charge on any atom is -0.487 e. The van der Waals surface area contributed by atoms with Crippen molar-refractivity contribution >= 4 is 5.97 Å². The van der Waals surface area contributed by atoms with E-state index in [1.807, 2.05) is 26.0 Å². The van der Waals surface area contributed by atoms with E-state index in [1.54, 1.807) is 0 Å². The first-order valence-electron chi connectivity index (χ1n) is 8.83. The second kappa shape index (κ2) is 7.79. The first kappa shape index (κ1) is 20.1. The van der Waals surface area contributed by atoms with Crippen LogP contribution in [0.25, 0.3) is 0 Å². The van der Waals surface area contributed by atoms with Gasteiger partial charge in [-0.05, 0) is 54.8 Å². The molecule has 5 nitrogen and oxygen atoms in total. The molecule has 150 valence electrons. The second-order valence-corrected chi connectivity index (χ2v) is 7.09. The molecule has 0 radical (unpaired) electrons. The zero-order valence-electron chi connectivity index (χ0n) is 15.6. The average Bonchev–Trinajstić information content (AvgIpc) is 2.56. The van der Waals surface area contributed by atoms with E-state index in [-0.39, 0.29) is 18.2 Å². The molecule has 3 rings (SSSR count). The van der Waals surface area contributed by atoms with Crippen molar-refractivity contribution in [3.63, 3.8) is 0 Å². The molecule has 0 bridgehead atoms. The standard InChI is InChI=1S/C20H21F3N2O3/c1-12-5-17(28-11-16-7-15(3-4-24-16)20(21,22)23)6-13(2)18(12)10-25-8-14(9-25)19(26)27/h3-7,14H,8-11H2,1-2H3,(H,26,27). The number of likely N-dealkylation sites (tertiary alicyclic amines) is 1. The molecule has 28 heavy (non-hydrogen) atoms. The number of rotatable bonds is 6. The molecule has 1 saturated heterocycles. The van der Waals surface area contributed by atoms with Crippen molar-refractivity contribution in [1.29, 1.82) is 0 Å². The molecule has 1 aliphatic rings. The highest BCUT2D eigenvalue weighted by molar-refractivity contribution is 5.71. The van der Waals surface area contributed by atoms with Crippen LogP contribution in [0.15, 0.2) is 30.5 Å². The van der Waals surface area contributed by atoms with Gasteiger partial charge in [0.05, 0.1) is 17.2 Å². The lowest BCUT2D eigenvalue weighted by molar-refractivity contribution is -0.147. The van der Waals surface area contributed by atoms with Crippen LogP contribution in [-0.4, -0.2) is 34.0 Å². The number of nitrogens with zero attached hydrogens (tertiary/aromatic N) is 2. The third-order valence-corrected chi connectivity index (χ3v) is 4.89. The van der Waals surface area contributed by atoms with Gasteiger partial charge in [-0.15, -0.1) is 0 Å². The molecule has 0 saturated carbocycles. The summed E-state index contributed by atoms with van der Waals surface area (Å²) >= 11 is 0. The summed E-state index contributed by atoms with van der Waals surface area (Å²) in [6, 6.07) is 5.59. The number of aliphatic carboxylic acids is 1. The molecule has 1 aromatic carbocycles. The normalized spacial score (nSPS) is 15.3. The number of carbonyl (C=O) groups is 1. The van der Waals surface area contributed by atoms with Gasteiger partial charge in [-0.1, -0.05) is 0 Å². The summed E-state index contributed by atoms with van der Waals surface area (Å²) in [6.45, 7) is 5.55. The maximum atomic E-state index is 12.8. The molecular weight excluding hydrogens is 373 g/mol. The van der Waals surface area contributed by atoms with E-state index in [0.29, 0.717) is 25.4 Å². The lowest BCUT2D eigenvalue weighted by atomic mass is 9.96. The number of aryl methyl sites for hydroxylation is 2. The summed E-state index contributed by atoms with van der Waals surface area (Å²) < 4.78 is 44.0. The van der Waals surface area contributed by atoms with Crippen LogP contribution in [0.1, 0.15) is 27.9 Å². The van der Waals surface area contributed by atoms with Gasteiger partial charge in [0.2, 0.25) is 0 Å². The second-order valence-electron chi connectivity index (χ2n) is 7.09. The molecule has 0 amide bonds. The summed E-state index contributed by atoms with van der Waals surface area (Å²) in [7, 11) is 0. The summed E-state index contributed by atoms with van der Waals surface area (Å²) in [5.41, 5.74) is 2.54. The lowest BCUT2D eigenvalue weighted by Crippen LogP contribution is -2.49. The van der Waals surface area contributed by atoms with Crippen LogP contribution in [0.5, 0.6) is 5.75 Å². The molecule has 1 aliphatic heterocycles. The Morgan fingerprint density at radius 3 is 2.46 bits per heavy atom. The van der Waals surface area contributed by atoms with E-state index in [4.69, 9.17) is 9.84 Å². The van der Waals surface area contributed by atoms with Crippen molar-refractivity contribution < 1.29 is 27.8 Å². The van der Waals surface area contributed by atoms with Gasteiger partial charge >= 0.3 is 12.1 Å². The lowest BCUT2D eigenvalue weighted by Gasteiger charge is -2.37. The Balaban J connectivity index is 1.64. The highest BCUT2D eigenvalue weighted by atomic mass is 19.4. The van der Waals surface area contributed by atoms with Crippen molar-refractivity contribution in [3.05, 3.63) is 58.4 Å². The zero-order valence-corrected chi connectivity index (χ0v) is 15.6. The van der Waals surface area contributed by atoms with E-state index < -0.39 is 17.7 Å². The Morgan fingerprint density at radius 1 is 1.25 bits per heavy atom. The highest BCUT2D eigenvalue weighted by Gasteiger charge is 2.33. The number of ether oxygens (including phenoxy) is 1. The van der Waals surface area contributed by atoms with Gasteiger partial charge < -0.3 is 9.84 Å². The fourth-order valence-electron chi connectivity index (χ4n) is 3.26. The summed E-state index contributed by atoms with van der Waals surface area (Å²) in [5.74, 6) is -0.509. The van der Waals surface area contributed by atoms with Crippen LogP contribution >= 0.6 is 0 Å². The largest absolute Gasteiger partial charge is 0.487 e. The highest BCUT2D eigenvalue weighted by Crippen LogP contribution is 2.30. The molecule has 2 heterocycles. The molecule has 0 atom stereocenters. The number of carboxylic acid groups (broad SMARTS) is 1. The van der Waals surface area contributed by atoms with Gasteiger partial charge in [-0.25, -0.2) is 0 Å². The Morgan fingerprint density at radius 2 is 1.89 bits per heavy atom. The number of halogens is 3. The van der Waals surface area contributed by atoms with Crippen LogP contribution in [0.4, 0.5) is 13.2 Å². The summed E-state index contributed by atoms with van der Waals surface area (Å²) in [5, 5.41) is 8.97. The van der Waals surface area contributed by atoms with Gasteiger partial charge in [0, 0.05) is 25.8 Å². The van der Waals surface area contributed by atoms with Gasteiger partial charge in [0.15, 0.2) is 0 Å². The Hall–Kier alpha value is -2.61. The molecule has 0 aliphatic carbocycles. The number of hydrogen-bond donors (Lipinski definition) is 1. The number of alkyl halides is 3. The predicted octanol–water partition coefficient (Wildman–Crippen LogP) is 3.81. The van der Waals surface area contributed by atoms with Crippen LogP contribution in [0.2, 0.25) is 0 Å². The van der Waals surface area contributed by atoms with E-state index in [2.05, 4.69) is 9.88 Å². The maximum absolute atomic E-state index is 12.8. The number of benzene rings is 1. The van der Waals surface area contributed by atoms with E-state index in [0.717, 1.165) is 35.0 Å². The third-order valence-electron chi connectivity index (χ3n) is 4.89. The Labute approximate surface area is 160 Å². The van der Waals surface area contributed by atoms with Crippen LogP contribution in [0.3, 0.4) is 0 Å². The average molecular weight is 394 g/mol. The van der Waals surface area contributed by atoms with Crippen LogP contribution < -0.4 is 4.74 Å². The molecule has 8 heteroatoms. The monoisotopic (exact) mass is 394 g/mol. The molecule has 1 aromatic heterocycles. The first-order chi connectivity index (χ1) is 13.1. The zero-order chi connectivity index (χ0) is 20.5. The van der Waals surface area contributed by atoms with Gasteiger partial charge in [-0.2, -0.15) is 13.2 Å². The number of aromatic nitrogens is 1. The minimum atomic E-state index is -4.41. The molecule has 0 unspecified atom stereocenters. The van der Waals surface area contributed by atoms with Crippen molar-refractivity contribution in [2.45, 2.75) is 33.2 Å². The summed E-state index contributed by atoms with van der Waals surface area (Å²) in [4.78, 5) is 16.9. The van der Waals surface area contributed by atoms with Crippen LogP contribution in [0, 0.1) is 19.8 Å². The van der Waals surface area contributed by atoms with Gasteiger partial charge in [0.25, 0.3) is 0 Å². The number of hydrogen-bond acceptors (Lipinski definition) is 4. The molecule has 0 spiro atoms. The quantitative estimate of drug-likeness (QED) is 0.807. The van der Waals surface area contributed by atoms with Crippen LogP contribution in [-0.2, 0) is 24.1 Å². The Kier molecular flexibility index (Phi) is 5.60. The van der Waals surface area contributed by atoms with Crippen molar-refractivity contribution in [2.24, 2.45) is 5.92 Å². The molecular formula is C20H21F3N2O3. The van der Waals surface area contributed by atoms with Gasteiger partial charge in [-0.3, -0.25) is 14.7 Å². The first-order valence-corrected chi connectivity index (χ1v) is 8.83. The van der Waals surface area contributed by atoms with Crippen molar-refractivity contribution in [1.82, 2.24) is 9.88 Å². The van der Waals surface area contributed by atoms with E-state index in [9.17, 15) is 18.0 Å². The fourth-order valence-corrected chi connectivity index (χ4v) is 3.26. The summed E-state index contributed by atoms with van der Waals surface area (Å²) in [6.07, 6.45) is -3.29. The molecule has 2 aromatic rings.